The summed E-state index contributed by atoms with van der Waals surface area (Å²) >= 11 is 0. The molecule has 0 bridgehead atoms. The molecule has 0 spiro atoms. The second-order valence-corrected chi connectivity index (χ2v) is 5.41. The van der Waals surface area contributed by atoms with Gasteiger partial charge in [0.2, 0.25) is 0 Å². The standard InChI is InChI=1S/C18H22N2O2/c1-12-8-9-17(13(2)10-12)14(3)19-18(21)20-15-6-5-7-16(11-15)22-4/h5-11,14H,1-4H3,(H2,19,20,21)/t14-/m1/s1. The van der Waals surface area contributed by atoms with Crippen molar-refractivity contribution in [1.82, 2.24) is 5.32 Å². The molecule has 0 fully saturated rings. The second kappa shape index (κ2) is 6.98. The lowest BCUT2D eigenvalue weighted by Crippen LogP contribution is -2.31. The summed E-state index contributed by atoms with van der Waals surface area (Å²) in [5.41, 5.74) is 4.21. The molecule has 4 nitrogen and oxygen atoms in total. The Kier molecular flexibility index (Phi) is 5.04. The summed E-state index contributed by atoms with van der Waals surface area (Å²) in [5.74, 6) is 0.709. The zero-order valence-electron chi connectivity index (χ0n) is 13.4. The Labute approximate surface area is 131 Å². The average molecular weight is 298 g/mol. The van der Waals surface area contributed by atoms with Crippen molar-refractivity contribution in [1.29, 1.82) is 0 Å². The molecule has 22 heavy (non-hydrogen) atoms. The van der Waals surface area contributed by atoms with Gasteiger partial charge in [-0.15, -0.1) is 0 Å². The predicted molar refractivity (Wildman–Crippen MR) is 89.5 cm³/mol. The molecule has 0 saturated carbocycles. The van der Waals surface area contributed by atoms with Gasteiger partial charge in [-0.1, -0.05) is 29.8 Å². The molecule has 4 heteroatoms. The normalized spacial score (nSPS) is 11.6. The highest BCUT2D eigenvalue weighted by molar-refractivity contribution is 5.89. The number of carbonyl (C=O) groups is 1. The number of hydrogen-bond acceptors (Lipinski definition) is 2. The molecule has 116 valence electrons. The number of benzene rings is 2. The number of aryl methyl sites for hydroxylation is 2. The molecule has 0 aromatic heterocycles. The lowest BCUT2D eigenvalue weighted by molar-refractivity contribution is 0.249. The molecule has 0 saturated heterocycles. The summed E-state index contributed by atoms with van der Waals surface area (Å²) in [6.45, 7) is 6.09. The van der Waals surface area contributed by atoms with Crippen LogP contribution >= 0.6 is 0 Å². The minimum atomic E-state index is -0.235. The van der Waals surface area contributed by atoms with Crippen LogP contribution in [0.4, 0.5) is 10.5 Å². The molecule has 0 aliphatic heterocycles. The van der Waals surface area contributed by atoms with Crippen molar-refractivity contribution >= 4 is 11.7 Å². The minimum Gasteiger partial charge on any atom is -0.497 e. The Morgan fingerprint density at radius 2 is 1.91 bits per heavy atom. The molecule has 2 aromatic rings. The number of methoxy groups -OCH3 is 1. The van der Waals surface area contributed by atoms with E-state index in [4.69, 9.17) is 4.74 Å². The minimum absolute atomic E-state index is 0.0637. The van der Waals surface area contributed by atoms with Crippen molar-refractivity contribution < 1.29 is 9.53 Å². The van der Waals surface area contributed by atoms with Crippen molar-refractivity contribution in [3.63, 3.8) is 0 Å². The third kappa shape index (κ3) is 4.01. The first-order valence-electron chi connectivity index (χ1n) is 7.28. The molecule has 0 heterocycles. The number of ether oxygens (including phenoxy) is 1. The molecule has 0 aliphatic carbocycles. The first-order valence-corrected chi connectivity index (χ1v) is 7.28. The van der Waals surface area contributed by atoms with Gasteiger partial charge in [0.25, 0.3) is 0 Å². The topological polar surface area (TPSA) is 50.4 Å². The second-order valence-electron chi connectivity index (χ2n) is 5.41. The molecular weight excluding hydrogens is 276 g/mol. The highest BCUT2D eigenvalue weighted by Crippen LogP contribution is 2.20. The first-order chi connectivity index (χ1) is 10.5. The Balaban J connectivity index is 2.01. The monoisotopic (exact) mass is 298 g/mol. The van der Waals surface area contributed by atoms with Gasteiger partial charge in [0.1, 0.15) is 5.75 Å². The van der Waals surface area contributed by atoms with Gasteiger partial charge in [0.05, 0.1) is 13.2 Å². The number of rotatable bonds is 4. The zero-order valence-corrected chi connectivity index (χ0v) is 13.4. The third-order valence-electron chi connectivity index (χ3n) is 3.57. The van der Waals surface area contributed by atoms with Crippen molar-refractivity contribution in [2.24, 2.45) is 0 Å². The largest absolute Gasteiger partial charge is 0.497 e. The van der Waals surface area contributed by atoms with Crippen LogP contribution in [-0.4, -0.2) is 13.1 Å². The van der Waals surface area contributed by atoms with Crippen molar-refractivity contribution in [3.8, 4) is 5.75 Å². The summed E-state index contributed by atoms with van der Waals surface area (Å²) < 4.78 is 5.14. The van der Waals surface area contributed by atoms with Gasteiger partial charge in [-0.3, -0.25) is 0 Å². The van der Waals surface area contributed by atoms with E-state index < -0.39 is 0 Å². The van der Waals surface area contributed by atoms with E-state index >= 15 is 0 Å². The van der Waals surface area contributed by atoms with E-state index in [1.165, 1.54) is 11.1 Å². The van der Waals surface area contributed by atoms with E-state index in [2.05, 4.69) is 42.7 Å². The maximum absolute atomic E-state index is 12.1. The Morgan fingerprint density at radius 3 is 2.59 bits per heavy atom. The van der Waals surface area contributed by atoms with Gasteiger partial charge in [0, 0.05) is 11.8 Å². The molecule has 2 amide bonds. The lowest BCUT2D eigenvalue weighted by atomic mass is 10.0. The quantitative estimate of drug-likeness (QED) is 0.889. The lowest BCUT2D eigenvalue weighted by Gasteiger charge is -2.17. The van der Waals surface area contributed by atoms with Crippen molar-refractivity contribution in [3.05, 3.63) is 59.2 Å². The van der Waals surface area contributed by atoms with Crippen LogP contribution in [0.15, 0.2) is 42.5 Å². The smallest absolute Gasteiger partial charge is 0.319 e. The summed E-state index contributed by atoms with van der Waals surface area (Å²) in [6.07, 6.45) is 0. The van der Waals surface area contributed by atoms with Crippen molar-refractivity contribution in [2.45, 2.75) is 26.8 Å². The van der Waals surface area contributed by atoms with Gasteiger partial charge in [-0.2, -0.15) is 0 Å². The fourth-order valence-electron chi connectivity index (χ4n) is 2.45. The summed E-state index contributed by atoms with van der Waals surface area (Å²) in [6, 6.07) is 13.2. The number of urea groups is 1. The maximum Gasteiger partial charge on any atom is 0.319 e. The van der Waals surface area contributed by atoms with E-state index in [-0.39, 0.29) is 12.1 Å². The van der Waals surface area contributed by atoms with Crippen molar-refractivity contribution in [2.75, 3.05) is 12.4 Å². The number of nitrogens with one attached hydrogen (secondary N) is 2. The molecule has 0 aliphatic rings. The summed E-state index contributed by atoms with van der Waals surface area (Å²) in [4.78, 5) is 12.1. The molecule has 2 N–H and O–H groups in total. The van der Waals surface area contributed by atoms with Crippen LogP contribution in [0.25, 0.3) is 0 Å². The number of anilines is 1. The van der Waals surface area contributed by atoms with Gasteiger partial charge in [-0.25, -0.2) is 4.79 Å². The van der Waals surface area contributed by atoms with Crippen LogP contribution in [0, 0.1) is 13.8 Å². The highest BCUT2D eigenvalue weighted by atomic mass is 16.5. The number of hydrogen-bond donors (Lipinski definition) is 2. The van der Waals surface area contributed by atoms with E-state index in [0.29, 0.717) is 11.4 Å². The Morgan fingerprint density at radius 1 is 1.14 bits per heavy atom. The van der Waals surface area contributed by atoms with E-state index in [0.717, 1.165) is 5.56 Å². The fourth-order valence-corrected chi connectivity index (χ4v) is 2.45. The molecule has 2 aromatic carbocycles. The number of amides is 2. The van der Waals surface area contributed by atoms with Crippen LogP contribution in [0.3, 0.4) is 0 Å². The van der Waals surface area contributed by atoms with E-state index in [1.54, 1.807) is 13.2 Å². The molecule has 0 radical (unpaired) electrons. The fraction of sp³-hybridized carbons (Fsp3) is 0.278. The van der Waals surface area contributed by atoms with E-state index in [9.17, 15) is 4.79 Å². The molecule has 2 rings (SSSR count). The predicted octanol–water partition coefficient (Wildman–Crippen LogP) is 4.19. The van der Waals surface area contributed by atoms with Crippen LogP contribution < -0.4 is 15.4 Å². The summed E-state index contributed by atoms with van der Waals surface area (Å²) in [5, 5.41) is 5.77. The van der Waals surface area contributed by atoms with Crippen LogP contribution in [0.5, 0.6) is 5.75 Å². The number of carbonyl (C=O) groups excluding carboxylic acids is 1. The van der Waals surface area contributed by atoms with Crippen LogP contribution in [0.2, 0.25) is 0 Å². The van der Waals surface area contributed by atoms with E-state index in [1.807, 2.05) is 25.1 Å². The first kappa shape index (κ1) is 15.9. The van der Waals surface area contributed by atoms with Gasteiger partial charge in [0.15, 0.2) is 0 Å². The maximum atomic E-state index is 12.1. The zero-order chi connectivity index (χ0) is 16.1. The Hall–Kier alpha value is -2.49. The van der Waals surface area contributed by atoms with Gasteiger partial charge < -0.3 is 15.4 Å². The molecular formula is C18H22N2O2. The molecule has 0 unspecified atom stereocenters. The molecule has 1 atom stereocenters. The summed E-state index contributed by atoms with van der Waals surface area (Å²) in [7, 11) is 1.60. The average Bonchev–Trinajstić information content (AvgIpc) is 2.47. The Bertz CT molecular complexity index is 668. The van der Waals surface area contributed by atoms with Gasteiger partial charge in [-0.05, 0) is 44.0 Å². The van der Waals surface area contributed by atoms with Crippen LogP contribution in [-0.2, 0) is 0 Å². The van der Waals surface area contributed by atoms with Gasteiger partial charge >= 0.3 is 6.03 Å². The third-order valence-corrected chi connectivity index (χ3v) is 3.57. The highest BCUT2D eigenvalue weighted by Gasteiger charge is 2.12. The SMILES string of the molecule is COc1cccc(NC(=O)N[C@H](C)c2ccc(C)cc2C)c1. The van der Waals surface area contributed by atoms with Crippen LogP contribution in [0.1, 0.15) is 29.7 Å².